The molecule has 9 nitrogen and oxygen atoms in total. The molecule has 0 radical (unpaired) electrons. The number of ether oxygens (including phenoxy) is 2. The van der Waals surface area contributed by atoms with Gasteiger partial charge >= 0.3 is 0 Å². The van der Waals surface area contributed by atoms with E-state index < -0.39 is 6.04 Å². The number of carbonyl (C=O) groups is 2. The first kappa shape index (κ1) is 25.2. The second kappa shape index (κ2) is 11.7. The van der Waals surface area contributed by atoms with Crippen molar-refractivity contribution in [2.24, 2.45) is 0 Å². The molecule has 2 fully saturated rings. The van der Waals surface area contributed by atoms with Gasteiger partial charge in [-0.3, -0.25) is 9.59 Å². The normalized spacial score (nSPS) is 19.0. The highest BCUT2D eigenvalue weighted by Gasteiger charge is 2.35. The van der Waals surface area contributed by atoms with E-state index in [2.05, 4.69) is 15.6 Å². The minimum Gasteiger partial charge on any atom is -0.497 e. The van der Waals surface area contributed by atoms with Gasteiger partial charge in [-0.05, 0) is 55.5 Å². The van der Waals surface area contributed by atoms with E-state index in [4.69, 9.17) is 9.47 Å². The van der Waals surface area contributed by atoms with Crippen molar-refractivity contribution in [3.05, 3.63) is 54.1 Å². The van der Waals surface area contributed by atoms with Gasteiger partial charge < -0.3 is 19.7 Å². The van der Waals surface area contributed by atoms with Gasteiger partial charge in [-0.2, -0.15) is 0 Å². The Morgan fingerprint density at radius 3 is 2.73 bits per heavy atom. The molecule has 1 aliphatic heterocycles. The predicted molar refractivity (Wildman–Crippen MR) is 139 cm³/mol. The fourth-order valence-electron chi connectivity index (χ4n) is 5.42. The van der Waals surface area contributed by atoms with Crippen molar-refractivity contribution in [3.63, 3.8) is 0 Å². The highest BCUT2D eigenvalue weighted by atomic mass is 16.5. The lowest BCUT2D eigenvalue weighted by molar-refractivity contribution is -0.143. The number of para-hydroxylation sites is 1. The van der Waals surface area contributed by atoms with Crippen LogP contribution in [-0.4, -0.2) is 64.1 Å². The fraction of sp³-hybridized carbons (Fsp3) is 0.500. The maximum atomic E-state index is 14.0. The Bertz CT molecular complexity index is 1220. The summed E-state index contributed by atoms with van der Waals surface area (Å²) < 4.78 is 13.0. The van der Waals surface area contributed by atoms with Crippen molar-refractivity contribution >= 4 is 22.8 Å². The highest BCUT2D eigenvalue weighted by molar-refractivity contribution is 5.89. The van der Waals surface area contributed by atoms with Crippen molar-refractivity contribution in [2.45, 2.75) is 69.7 Å². The van der Waals surface area contributed by atoms with E-state index in [1.165, 1.54) is 6.42 Å². The largest absolute Gasteiger partial charge is 0.497 e. The number of hydrogen-bond donors (Lipinski definition) is 1. The number of hydrogen-bond acceptors (Lipinski definition) is 6. The van der Waals surface area contributed by atoms with Gasteiger partial charge in [0.1, 0.15) is 23.9 Å². The van der Waals surface area contributed by atoms with Crippen LogP contribution in [0.4, 0.5) is 0 Å². The van der Waals surface area contributed by atoms with Crippen LogP contribution in [0.25, 0.3) is 11.0 Å². The van der Waals surface area contributed by atoms with Crippen molar-refractivity contribution < 1.29 is 19.1 Å². The van der Waals surface area contributed by atoms with Gasteiger partial charge in [0.15, 0.2) is 0 Å². The number of amides is 2. The lowest BCUT2D eigenvalue weighted by Gasteiger charge is -2.34. The standard InChI is InChI=1S/C28H35N5O4/c1-36-22-12-7-9-20(17-22)27(28(35)29-21-10-3-2-4-11-21)32(18-23-13-8-16-37-23)26(34)19-33-25-15-6-5-14-24(25)30-31-33/h5-7,9,12,14-15,17,21,23,27H,2-4,8,10-11,13,16,18-19H2,1H3,(H,29,35)/t23-,27-/m0/s1. The molecule has 0 bridgehead atoms. The van der Waals surface area contributed by atoms with Crippen LogP contribution >= 0.6 is 0 Å². The number of nitrogens with one attached hydrogen (secondary N) is 1. The number of rotatable bonds is 9. The van der Waals surface area contributed by atoms with Gasteiger partial charge in [-0.1, -0.05) is 48.7 Å². The maximum Gasteiger partial charge on any atom is 0.247 e. The molecule has 1 N–H and O–H groups in total. The highest BCUT2D eigenvalue weighted by Crippen LogP contribution is 2.29. The Kier molecular flexibility index (Phi) is 7.99. The van der Waals surface area contributed by atoms with Gasteiger partial charge in [0.2, 0.25) is 11.8 Å². The fourth-order valence-corrected chi connectivity index (χ4v) is 5.42. The number of fused-ring (bicyclic) bond motifs is 1. The molecule has 3 aromatic rings. The third-order valence-electron chi connectivity index (χ3n) is 7.37. The molecule has 2 heterocycles. The van der Waals surface area contributed by atoms with Crippen LogP contribution in [-0.2, 0) is 20.9 Å². The average molecular weight is 506 g/mol. The molecule has 9 heteroatoms. The van der Waals surface area contributed by atoms with E-state index in [-0.39, 0.29) is 30.5 Å². The molecule has 0 unspecified atom stereocenters. The monoisotopic (exact) mass is 505 g/mol. The molecule has 2 aliphatic rings. The summed E-state index contributed by atoms with van der Waals surface area (Å²) >= 11 is 0. The van der Waals surface area contributed by atoms with Crippen LogP contribution < -0.4 is 10.1 Å². The zero-order valence-corrected chi connectivity index (χ0v) is 21.3. The Hall–Kier alpha value is -3.46. The summed E-state index contributed by atoms with van der Waals surface area (Å²) in [5.41, 5.74) is 2.21. The van der Waals surface area contributed by atoms with Gasteiger partial charge in [-0.15, -0.1) is 5.10 Å². The van der Waals surface area contributed by atoms with Crippen molar-refractivity contribution in [2.75, 3.05) is 20.3 Å². The molecule has 2 aromatic carbocycles. The van der Waals surface area contributed by atoms with Crippen LogP contribution in [0.5, 0.6) is 5.75 Å². The van der Waals surface area contributed by atoms with E-state index in [0.717, 1.165) is 49.6 Å². The summed E-state index contributed by atoms with van der Waals surface area (Å²) in [6.45, 7) is 0.967. The zero-order valence-electron chi connectivity index (χ0n) is 21.3. The van der Waals surface area contributed by atoms with E-state index in [9.17, 15) is 9.59 Å². The van der Waals surface area contributed by atoms with Gasteiger partial charge in [0, 0.05) is 19.2 Å². The van der Waals surface area contributed by atoms with Crippen molar-refractivity contribution in [3.8, 4) is 5.75 Å². The molecule has 196 valence electrons. The van der Waals surface area contributed by atoms with Gasteiger partial charge in [0.05, 0.1) is 18.7 Å². The summed E-state index contributed by atoms with van der Waals surface area (Å²) in [6.07, 6.45) is 7.00. The average Bonchev–Trinajstić information content (AvgIpc) is 3.59. The second-order valence-electron chi connectivity index (χ2n) is 9.94. The van der Waals surface area contributed by atoms with E-state index in [1.54, 1.807) is 16.7 Å². The first-order chi connectivity index (χ1) is 18.1. The predicted octanol–water partition coefficient (Wildman–Crippen LogP) is 3.64. The molecule has 2 atom stereocenters. The molecule has 1 aromatic heterocycles. The van der Waals surface area contributed by atoms with E-state index >= 15 is 0 Å². The third-order valence-corrected chi connectivity index (χ3v) is 7.37. The molecule has 2 amide bonds. The maximum absolute atomic E-state index is 14.0. The topological polar surface area (TPSA) is 98.6 Å². The van der Waals surface area contributed by atoms with Crippen LogP contribution in [0, 0.1) is 0 Å². The summed E-state index contributed by atoms with van der Waals surface area (Å²) in [5.74, 6) is 0.257. The molecular formula is C28H35N5O4. The molecule has 1 aliphatic carbocycles. The minimum atomic E-state index is -0.816. The Morgan fingerprint density at radius 2 is 1.95 bits per heavy atom. The smallest absolute Gasteiger partial charge is 0.247 e. The summed E-state index contributed by atoms with van der Waals surface area (Å²) in [4.78, 5) is 29.6. The molecule has 1 saturated heterocycles. The SMILES string of the molecule is COc1cccc([C@@H](C(=O)NC2CCCCC2)N(C[C@@H]2CCCO2)C(=O)Cn2nnc3ccccc32)c1. The third kappa shape index (κ3) is 5.93. The second-order valence-corrected chi connectivity index (χ2v) is 9.94. The number of carbonyl (C=O) groups excluding carboxylic acids is 2. The lowest BCUT2D eigenvalue weighted by atomic mass is 9.94. The summed E-state index contributed by atoms with van der Waals surface area (Å²) in [6, 6.07) is 14.3. The number of nitrogens with zero attached hydrogens (tertiary/aromatic N) is 4. The molecule has 5 rings (SSSR count). The molecule has 1 saturated carbocycles. The van der Waals surface area contributed by atoms with Gasteiger partial charge in [0.25, 0.3) is 0 Å². The molecular weight excluding hydrogens is 470 g/mol. The van der Waals surface area contributed by atoms with Crippen molar-refractivity contribution in [1.82, 2.24) is 25.2 Å². The van der Waals surface area contributed by atoms with E-state index in [0.29, 0.717) is 24.5 Å². The lowest BCUT2D eigenvalue weighted by Crippen LogP contribution is -2.49. The first-order valence-electron chi connectivity index (χ1n) is 13.3. The minimum absolute atomic E-state index is 0.0234. The zero-order chi connectivity index (χ0) is 25.6. The van der Waals surface area contributed by atoms with Gasteiger partial charge in [-0.25, -0.2) is 4.68 Å². The molecule has 0 spiro atoms. The molecule has 37 heavy (non-hydrogen) atoms. The summed E-state index contributed by atoms with van der Waals surface area (Å²) in [5, 5.41) is 11.7. The number of benzene rings is 2. The van der Waals surface area contributed by atoms with E-state index in [1.807, 2.05) is 48.5 Å². The van der Waals surface area contributed by atoms with Crippen molar-refractivity contribution in [1.29, 1.82) is 0 Å². The summed E-state index contributed by atoms with van der Waals surface area (Å²) in [7, 11) is 1.60. The number of methoxy groups -OCH3 is 1. The van der Waals surface area contributed by atoms with Crippen LogP contribution in [0.15, 0.2) is 48.5 Å². The number of aromatic nitrogens is 3. The van der Waals surface area contributed by atoms with Crippen LogP contribution in [0.2, 0.25) is 0 Å². The van der Waals surface area contributed by atoms with Crippen LogP contribution in [0.1, 0.15) is 56.6 Å². The van der Waals surface area contributed by atoms with Crippen LogP contribution in [0.3, 0.4) is 0 Å². The first-order valence-corrected chi connectivity index (χ1v) is 13.3. The Labute approximate surface area is 217 Å². The Balaban J connectivity index is 1.48. The Morgan fingerprint density at radius 1 is 1.11 bits per heavy atom. The quantitative estimate of drug-likeness (QED) is 0.477.